The number of rotatable bonds is 1. The second-order valence-electron chi connectivity index (χ2n) is 6.40. The third-order valence-corrected chi connectivity index (χ3v) is 2.74. The van der Waals surface area contributed by atoms with Gasteiger partial charge in [0, 0.05) is 11.6 Å². The van der Waals surface area contributed by atoms with Gasteiger partial charge >= 0.3 is 0 Å². The summed E-state index contributed by atoms with van der Waals surface area (Å²) in [5.41, 5.74) is 1.65. The molecule has 1 aromatic rings. The normalized spacial score (nSPS) is 12.6. The van der Waals surface area contributed by atoms with Crippen molar-refractivity contribution in [1.82, 2.24) is 0 Å². The minimum atomic E-state index is -0.330. The summed E-state index contributed by atoms with van der Waals surface area (Å²) in [4.78, 5) is 10.7. The topological polar surface area (TPSA) is 43.1 Å². The Morgan fingerprint density at radius 3 is 2.00 bits per heavy atom. The second-order valence-corrected chi connectivity index (χ2v) is 6.40. The van der Waals surface area contributed by atoms with Crippen molar-refractivity contribution in [3.8, 4) is 0 Å². The number of benzene rings is 1. The van der Waals surface area contributed by atoms with Crippen molar-refractivity contribution in [2.24, 2.45) is 0 Å². The van der Waals surface area contributed by atoms with Crippen LogP contribution >= 0.6 is 0 Å². The summed E-state index contributed by atoms with van der Waals surface area (Å²) >= 11 is 0. The minimum absolute atomic E-state index is 0.0465. The Bertz CT molecular complexity index is 437. The summed E-state index contributed by atoms with van der Waals surface area (Å²) in [5, 5.41) is 11.0. The summed E-state index contributed by atoms with van der Waals surface area (Å²) in [6.07, 6.45) is 0. The van der Waals surface area contributed by atoms with Crippen LogP contribution in [0, 0.1) is 16.2 Å². The van der Waals surface area contributed by atoms with E-state index in [2.05, 4.69) is 26.8 Å². The second kappa shape index (κ2) is 4.13. The van der Waals surface area contributed by atoms with E-state index in [1.54, 1.807) is 0 Å². The monoisotopic (exact) mass is 234 g/mol. The SMILES string of the molecule is CC(C)(C)c1[c]cc([N+](=O)[O-])c(C(C)(C)C)c1. The molecule has 0 aliphatic rings. The summed E-state index contributed by atoms with van der Waals surface area (Å²) in [7, 11) is 0. The Morgan fingerprint density at radius 2 is 1.65 bits per heavy atom. The van der Waals surface area contributed by atoms with Crippen LogP contribution in [0.25, 0.3) is 0 Å². The molecule has 3 nitrogen and oxygen atoms in total. The fourth-order valence-electron chi connectivity index (χ4n) is 1.67. The lowest BCUT2D eigenvalue weighted by Gasteiger charge is -2.24. The van der Waals surface area contributed by atoms with E-state index in [4.69, 9.17) is 0 Å². The standard InChI is InChI=1S/C14H20NO2/c1-13(2,3)10-7-8-12(15(16)17)11(9-10)14(4,5)6/h8-9H,1-6H3. The molecule has 0 unspecified atom stereocenters. The van der Waals surface area contributed by atoms with Gasteiger partial charge in [0.05, 0.1) is 4.92 Å². The Balaban J connectivity index is 3.46. The van der Waals surface area contributed by atoms with E-state index in [0.29, 0.717) is 0 Å². The molecule has 3 heteroatoms. The average molecular weight is 234 g/mol. The Morgan fingerprint density at radius 1 is 1.12 bits per heavy atom. The van der Waals surface area contributed by atoms with Gasteiger partial charge in [-0.1, -0.05) is 41.5 Å². The van der Waals surface area contributed by atoms with Gasteiger partial charge < -0.3 is 0 Å². The summed E-state index contributed by atoms with van der Waals surface area (Å²) < 4.78 is 0. The van der Waals surface area contributed by atoms with E-state index in [0.717, 1.165) is 11.1 Å². The third-order valence-electron chi connectivity index (χ3n) is 2.74. The van der Waals surface area contributed by atoms with Crippen molar-refractivity contribution in [2.75, 3.05) is 0 Å². The van der Waals surface area contributed by atoms with E-state index < -0.39 is 0 Å². The molecule has 0 N–H and O–H groups in total. The van der Waals surface area contributed by atoms with Gasteiger partial charge in [-0.3, -0.25) is 10.1 Å². The van der Waals surface area contributed by atoms with Crippen LogP contribution in [0.3, 0.4) is 0 Å². The number of nitrogens with zero attached hydrogens (tertiary/aromatic N) is 1. The number of hydrogen-bond acceptors (Lipinski definition) is 2. The average Bonchev–Trinajstić information content (AvgIpc) is 2.14. The van der Waals surface area contributed by atoms with Gasteiger partial charge in [-0.2, -0.15) is 0 Å². The fraction of sp³-hybridized carbons (Fsp3) is 0.571. The largest absolute Gasteiger partial charge is 0.273 e. The lowest BCUT2D eigenvalue weighted by molar-refractivity contribution is -0.386. The van der Waals surface area contributed by atoms with Crippen LogP contribution in [0.15, 0.2) is 12.1 Å². The maximum atomic E-state index is 11.0. The molecule has 1 radical (unpaired) electrons. The van der Waals surface area contributed by atoms with Crippen LogP contribution < -0.4 is 0 Å². The van der Waals surface area contributed by atoms with Crippen LogP contribution in [-0.4, -0.2) is 4.92 Å². The van der Waals surface area contributed by atoms with Gasteiger partial charge in [0.1, 0.15) is 0 Å². The highest BCUT2D eigenvalue weighted by molar-refractivity contribution is 5.47. The first-order chi connectivity index (χ1) is 7.53. The predicted octanol–water partition coefficient (Wildman–Crippen LogP) is 3.99. The number of hydrogen-bond donors (Lipinski definition) is 0. The maximum Gasteiger partial charge on any atom is 0.273 e. The highest BCUT2D eigenvalue weighted by Crippen LogP contribution is 2.34. The minimum Gasteiger partial charge on any atom is -0.258 e. The molecule has 0 fully saturated rings. The Kier molecular flexibility index (Phi) is 3.33. The lowest BCUT2D eigenvalue weighted by atomic mass is 9.80. The maximum absolute atomic E-state index is 11.0. The molecule has 1 rings (SSSR count). The third kappa shape index (κ3) is 3.05. The number of nitro groups is 1. The first kappa shape index (κ1) is 13.7. The zero-order valence-corrected chi connectivity index (χ0v) is 11.4. The summed E-state index contributed by atoms with van der Waals surface area (Å²) in [5.74, 6) is 0. The Hall–Kier alpha value is -1.38. The molecule has 0 aliphatic carbocycles. The molecule has 0 aliphatic heterocycles. The van der Waals surface area contributed by atoms with Crippen molar-refractivity contribution in [2.45, 2.75) is 52.4 Å². The molecule has 0 aromatic heterocycles. The van der Waals surface area contributed by atoms with E-state index in [1.165, 1.54) is 6.07 Å². The van der Waals surface area contributed by atoms with Crippen molar-refractivity contribution in [3.05, 3.63) is 39.4 Å². The summed E-state index contributed by atoms with van der Waals surface area (Å²) in [6.45, 7) is 12.2. The summed E-state index contributed by atoms with van der Waals surface area (Å²) in [6, 6.07) is 6.45. The fourth-order valence-corrected chi connectivity index (χ4v) is 1.67. The first-order valence-electron chi connectivity index (χ1n) is 5.74. The molecular weight excluding hydrogens is 214 g/mol. The van der Waals surface area contributed by atoms with E-state index >= 15 is 0 Å². The van der Waals surface area contributed by atoms with Crippen molar-refractivity contribution in [1.29, 1.82) is 0 Å². The van der Waals surface area contributed by atoms with Crippen LogP contribution in [0.1, 0.15) is 52.7 Å². The van der Waals surface area contributed by atoms with Crippen LogP contribution in [0.4, 0.5) is 5.69 Å². The van der Waals surface area contributed by atoms with Gasteiger partial charge in [0.2, 0.25) is 0 Å². The van der Waals surface area contributed by atoms with Gasteiger partial charge in [0.15, 0.2) is 0 Å². The van der Waals surface area contributed by atoms with E-state index in [-0.39, 0.29) is 21.4 Å². The Labute approximate surface area is 103 Å². The zero-order chi connectivity index (χ0) is 13.4. The van der Waals surface area contributed by atoms with Crippen LogP contribution in [-0.2, 0) is 10.8 Å². The van der Waals surface area contributed by atoms with Crippen molar-refractivity contribution < 1.29 is 4.92 Å². The van der Waals surface area contributed by atoms with Gasteiger partial charge in [0.25, 0.3) is 5.69 Å². The lowest BCUT2D eigenvalue weighted by Crippen LogP contribution is -2.18. The van der Waals surface area contributed by atoms with Crippen LogP contribution in [0.2, 0.25) is 0 Å². The van der Waals surface area contributed by atoms with Crippen molar-refractivity contribution >= 4 is 5.69 Å². The molecule has 0 saturated carbocycles. The van der Waals surface area contributed by atoms with E-state index in [9.17, 15) is 10.1 Å². The zero-order valence-electron chi connectivity index (χ0n) is 11.4. The molecule has 17 heavy (non-hydrogen) atoms. The molecule has 0 saturated heterocycles. The molecule has 0 amide bonds. The van der Waals surface area contributed by atoms with Gasteiger partial charge in [-0.05, 0) is 28.5 Å². The smallest absolute Gasteiger partial charge is 0.258 e. The molecule has 93 valence electrons. The molecule has 0 heterocycles. The molecule has 0 bridgehead atoms. The predicted molar refractivity (Wildman–Crippen MR) is 69.3 cm³/mol. The van der Waals surface area contributed by atoms with Crippen LogP contribution in [0.5, 0.6) is 0 Å². The quantitative estimate of drug-likeness (QED) is 0.544. The van der Waals surface area contributed by atoms with Gasteiger partial charge in [-0.15, -0.1) is 0 Å². The highest BCUT2D eigenvalue weighted by atomic mass is 16.6. The molecule has 1 aromatic carbocycles. The van der Waals surface area contributed by atoms with E-state index in [1.807, 2.05) is 26.8 Å². The first-order valence-corrected chi connectivity index (χ1v) is 5.74. The van der Waals surface area contributed by atoms with Gasteiger partial charge in [-0.25, -0.2) is 0 Å². The molecule has 0 atom stereocenters. The number of nitro benzene ring substituents is 1. The molecular formula is C14H20NO2. The highest BCUT2D eigenvalue weighted by Gasteiger charge is 2.27. The van der Waals surface area contributed by atoms with Crippen molar-refractivity contribution in [3.63, 3.8) is 0 Å². The molecule has 0 spiro atoms.